The van der Waals surface area contributed by atoms with Crippen molar-refractivity contribution >= 4 is 22.8 Å². The number of para-hydroxylation sites is 2. The Bertz CT molecular complexity index is 791. The molecule has 0 radical (unpaired) electrons. The third kappa shape index (κ3) is 3.16. The molecule has 1 fully saturated rings. The number of anilines is 1. The molecule has 2 aromatic rings. The first-order chi connectivity index (χ1) is 11.6. The molecule has 24 heavy (non-hydrogen) atoms. The first kappa shape index (κ1) is 16.2. The number of rotatable bonds is 4. The predicted octanol–water partition coefficient (Wildman–Crippen LogP) is 2.79. The SMILES string of the molecule is CC(C)OC(=O)[C@@H](C#N)c1nc2ccccc2nc1N1CCCC1. The van der Waals surface area contributed by atoms with E-state index in [-0.39, 0.29) is 6.10 Å². The number of carbonyl (C=O) groups excluding carboxylic acids is 1. The van der Waals surface area contributed by atoms with Gasteiger partial charge in [0.25, 0.3) is 0 Å². The molecule has 2 heterocycles. The maximum absolute atomic E-state index is 12.4. The largest absolute Gasteiger partial charge is 0.462 e. The molecule has 6 heteroatoms. The lowest BCUT2D eigenvalue weighted by molar-refractivity contribution is -0.147. The van der Waals surface area contributed by atoms with Crippen LogP contribution in [0.4, 0.5) is 5.82 Å². The zero-order chi connectivity index (χ0) is 17.1. The highest BCUT2D eigenvalue weighted by Gasteiger charge is 2.31. The molecule has 1 aromatic heterocycles. The molecule has 0 saturated carbocycles. The van der Waals surface area contributed by atoms with Crippen LogP contribution in [0.1, 0.15) is 38.3 Å². The van der Waals surface area contributed by atoms with E-state index in [2.05, 4.69) is 9.88 Å². The zero-order valence-corrected chi connectivity index (χ0v) is 13.9. The Morgan fingerprint density at radius 2 is 1.83 bits per heavy atom. The van der Waals surface area contributed by atoms with Crippen LogP contribution >= 0.6 is 0 Å². The van der Waals surface area contributed by atoms with Crippen LogP contribution < -0.4 is 4.90 Å². The van der Waals surface area contributed by atoms with E-state index in [1.807, 2.05) is 30.3 Å². The van der Waals surface area contributed by atoms with E-state index in [9.17, 15) is 10.1 Å². The second-order valence-corrected chi connectivity index (χ2v) is 6.16. The average molecular weight is 324 g/mol. The number of hydrogen-bond donors (Lipinski definition) is 0. The van der Waals surface area contributed by atoms with Gasteiger partial charge in [0.15, 0.2) is 11.7 Å². The number of nitriles is 1. The lowest BCUT2D eigenvalue weighted by Crippen LogP contribution is -2.26. The Kier molecular flexibility index (Phi) is 4.61. The van der Waals surface area contributed by atoms with Crippen LogP contribution in [-0.4, -0.2) is 35.1 Å². The fraction of sp³-hybridized carbons (Fsp3) is 0.444. The number of aromatic nitrogens is 2. The van der Waals surface area contributed by atoms with Gasteiger partial charge in [-0.05, 0) is 38.8 Å². The minimum atomic E-state index is -1.07. The lowest BCUT2D eigenvalue weighted by Gasteiger charge is -2.22. The van der Waals surface area contributed by atoms with Crippen LogP contribution in [0, 0.1) is 11.3 Å². The van der Waals surface area contributed by atoms with Crippen LogP contribution in [0.2, 0.25) is 0 Å². The standard InChI is InChI=1S/C18H20N4O2/c1-12(2)24-18(23)13(11-19)16-17(22-9-5-6-10-22)21-15-8-4-3-7-14(15)20-16/h3-4,7-8,12-13H,5-6,9-10H2,1-2H3/t13-/m0/s1. The number of carbonyl (C=O) groups is 1. The molecule has 0 bridgehead atoms. The normalized spacial score (nSPS) is 15.5. The third-order valence-corrected chi connectivity index (χ3v) is 3.97. The second-order valence-electron chi connectivity index (χ2n) is 6.16. The zero-order valence-electron chi connectivity index (χ0n) is 13.9. The van der Waals surface area contributed by atoms with Gasteiger partial charge in [-0.2, -0.15) is 5.26 Å². The topological polar surface area (TPSA) is 79.1 Å². The first-order valence-corrected chi connectivity index (χ1v) is 8.22. The van der Waals surface area contributed by atoms with Crippen molar-refractivity contribution in [2.24, 2.45) is 0 Å². The number of fused-ring (bicyclic) bond motifs is 1. The fourth-order valence-corrected chi connectivity index (χ4v) is 2.89. The minimum absolute atomic E-state index is 0.281. The molecule has 1 saturated heterocycles. The van der Waals surface area contributed by atoms with Crippen molar-refractivity contribution in [1.29, 1.82) is 5.26 Å². The smallest absolute Gasteiger partial charge is 0.329 e. The summed E-state index contributed by atoms with van der Waals surface area (Å²) < 4.78 is 5.24. The van der Waals surface area contributed by atoms with Gasteiger partial charge in [-0.1, -0.05) is 12.1 Å². The molecular formula is C18H20N4O2. The Hall–Kier alpha value is -2.68. The number of hydrogen-bond acceptors (Lipinski definition) is 6. The molecule has 6 nitrogen and oxygen atoms in total. The second kappa shape index (κ2) is 6.83. The Morgan fingerprint density at radius 3 is 2.42 bits per heavy atom. The van der Waals surface area contributed by atoms with Crippen molar-refractivity contribution in [2.75, 3.05) is 18.0 Å². The molecule has 124 valence electrons. The number of nitrogens with zero attached hydrogens (tertiary/aromatic N) is 4. The van der Waals surface area contributed by atoms with Gasteiger partial charge in [0, 0.05) is 13.1 Å². The van der Waals surface area contributed by atoms with E-state index >= 15 is 0 Å². The molecule has 1 aliphatic heterocycles. The van der Waals surface area contributed by atoms with E-state index in [4.69, 9.17) is 9.72 Å². The summed E-state index contributed by atoms with van der Waals surface area (Å²) in [6.45, 7) is 5.24. The van der Waals surface area contributed by atoms with Gasteiger partial charge in [-0.25, -0.2) is 9.97 Å². The number of esters is 1. The number of benzene rings is 1. The van der Waals surface area contributed by atoms with Crippen LogP contribution in [-0.2, 0) is 9.53 Å². The van der Waals surface area contributed by atoms with Crippen molar-refractivity contribution in [3.63, 3.8) is 0 Å². The highest BCUT2D eigenvalue weighted by atomic mass is 16.5. The van der Waals surface area contributed by atoms with Crippen molar-refractivity contribution in [3.05, 3.63) is 30.0 Å². The summed E-state index contributed by atoms with van der Waals surface area (Å²) in [5, 5.41) is 9.56. The van der Waals surface area contributed by atoms with Gasteiger partial charge < -0.3 is 9.64 Å². The molecule has 1 aliphatic rings. The van der Waals surface area contributed by atoms with Gasteiger partial charge in [0.05, 0.1) is 23.2 Å². The van der Waals surface area contributed by atoms with E-state index in [1.54, 1.807) is 13.8 Å². The molecule has 1 aromatic carbocycles. The number of ether oxygens (including phenoxy) is 1. The van der Waals surface area contributed by atoms with Crippen LogP contribution in [0.15, 0.2) is 24.3 Å². The highest BCUT2D eigenvalue weighted by molar-refractivity contribution is 5.85. The summed E-state index contributed by atoms with van der Waals surface area (Å²) in [4.78, 5) is 23.7. The maximum Gasteiger partial charge on any atom is 0.329 e. The first-order valence-electron chi connectivity index (χ1n) is 8.22. The molecule has 0 amide bonds. The van der Waals surface area contributed by atoms with Gasteiger partial charge in [-0.15, -0.1) is 0 Å². The summed E-state index contributed by atoms with van der Waals surface area (Å²) in [5.74, 6) is -1.02. The van der Waals surface area contributed by atoms with Gasteiger partial charge in [0.2, 0.25) is 0 Å². The summed E-state index contributed by atoms with van der Waals surface area (Å²) >= 11 is 0. The lowest BCUT2D eigenvalue weighted by atomic mass is 10.1. The average Bonchev–Trinajstić information content (AvgIpc) is 3.08. The molecule has 0 unspecified atom stereocenters. The quantitative estimate of drug-likeness (QED) is 0.805. The summed E-state index contributed by atoms with van der Waals surface area (Å²) in [5.41, 5.74) is 1.83. The predicted molar refractivity (Wildman–Crippen MR) is 90.6 cm³/mol. The molecule has 1 atom stereocenters. The van der Waals surface area contributed by atoms with Gasteiger partial charge >= 0.3 is 5.97 Å². The maximum atomic E-state index is 12.4. The van der Waals surface area contributed by atoms with Crippen LogP contribution in [0.25, 0.3) is 11.0 Å². The summed E-state index contributed by atoms with van der Waals surface area (Å²) in [7, 11) is 0. The Labute approximate surface area is 141 Å². The van der Waals surface area contributed by atoms with Crippen LogP contribution in [0.3, 0.4) is 0 Å². The Morgan fingerprint density at radius 1 is 1.21 bits per heavy atom. The molecule has 0 spiro atoms. The summed E-state index contributed by atoms with van der Waals surface area (Å²) in [6.07, 6.45) is 1.86. The van der Waals surface area contributed by atoms with E-state index < -0.39 is 11.9 Å². The summed E-state index contributed by atoms with van der Waals surface area (Å²) in [6, 6.07) is 9.54. The van der Waals surface area contributed by atoms with E-state index in [1.165, 1.54) is 0 Å². The minimum Gasteiger partial charge on any atom is -0.462 e. The van der Waals surface area contributed by atoms with Gasteiger partial charge in [0.1, 0.15) is 5.69 Å². The molecular weight excluding hydrogens is 304 g/mol. The van der Waals surface area contributed by atoms with Crippen LogP contribution in [0.5, 0.6) is 0 Å². The van der Waals surface area contributed by atoms with E-state index in [0.29, 0.717) is 17.0 Å². The van der Waals surface area contributed by atoms with Crippen molar-refractivity contribution in [3.8, 4) is 6.07 Å². The molecule has 3 rings (SSSR count). The monoisotopic (exact) mass is 324 g/mol. The fourth-order valence-electron chi connectivity index (χ4n) is 2.89. The van der Waals surface area contributed by atoms with Gasteiger partial charge in [-0.3, -0.25) is 4.79 Å². The molecule has 0 aliphatic carbocycles. The highest BCUT2D eigenvalue weighted by Crippen LogP contribution is 2.30. The van der Waals surface area contributed by atoms with Crippen molar-refractivity contribution in [2.45, 2.75) is 38.7 Å². The van der Waals surface area contributed by atoms with Crippen molar-refractivity contribution < 1.29 is 9.53 Å². The molecule has 0 N–H and O–H groups in total. The third-order valence-electron chi connectivity index (χ3n) is 3.97. The Balaban J connectivity index is 2.11. The van der Waals surface area contributed by atoms with E-state index in [0.717, 1.165) is 31.4 Å². The van der Waals surface area contributed by atoms with Crippen molar-refractivity contribution in [1.82, 2.24) is 9.97 Å².